The van der Waals surface area contributed by atoms with E-state index in [2.05, 4.69) is 16.3 Å². The van der Waals surface area contributed by atoms with E-state index < -0.39 is 0 Å². The summed E-state index contributed by atoms with van der Waals surface area (Å²) in [7, 11) is 0. The molecule has 1 fully saturated rings. The Morgan fingerprint density at radius 2 is 2.08 bits per heavy atom. The van der Waals surface area contributed by atoms with Crippen molar-refractivity contribution in [1.29, 1.82) is 0 Å². The Balaban J connectivity index is 1.31. The molecule has 0 unspecified atom stereocenters. The Hall–Kier alpha value is -1.62. The van der Waals surface area contributed by atoms with Crippen molar-refractivity contribution in [1.82, 2.24) is 9.80 Å². The van der Waals surface area contributed by atoms with Crippen LogP contribution in [0.2, 0.25) is 5.02 Å². The molecule has 1 amide bonds. The molecule has 5 heteroatoms. The fourth-order valence-electron chi connectivity index (χ4n) is 3.32. The number of benzene rings is 1. The first kappa shape index (κ1) is 15.9. The van der Waals surface area contributed by atoms with Crippen LogP contribution in [0.15, 0.2) is 41.8 Å². The first-order chi connectivity index (χ1) is 11.7. The van der Waals surface area contributed by atoms with E-state index >= 15 is 0 Å². The van der Waals surface area contributed by atoms with Gasteiger partial charge in [0.2, 0.25) is 5.91 Å². The summed E-state index contributed by atoms with van der Waals surface area (Å²) in [5.74, 6) is 0.0689. The summed E-state index contributed by atoms with van der Waals surface area (Å²) in [4.78, 5) is 18.2. The summed E-state index contributed by atoms with van der Waals surface area (Å²) in [5, 5.41) is 2.85. The number of thiophene rings is 1. The number of carbonyl (C=O) groups is 1. The SMILES string of the molecule is O=C(/C=C/c1ccccc1Cl)N1CC(N2CCc3sccc3C2)C1. The van der Waals surface area contributed by atoms with Gasteiger partial charge in [-0.3, -0.25) is 9.69 Å². The van der Waals surface area contributed by atoms with Gasteiger partial charge >= 0.3 is 0 Å². The number of hydrogen-bond acceptors (Lipinski definition) is 3. The highest BCUT2D eigenvalue weighted by Gasteiger charge is 2.35. The van der Waals surface area contributed by atoms with Gasteiger partial charge in [0.15, 0.2) is 0 Å². The number of fused-ring (bicyclic) bond motifs is 1. The Morgan fingerprint density at radius 3 is 2.92 bits per heavy atom. The van der Waals surface area contributed by atoms with Crippen molar-refractivity contribution < 1.29 is 4.79 Å². The van der Waals surface area contributed by atoms with Gasteiger partial charge in [-0.25, -0.2) is 0 Å². The van der Waals surface area contributed by atoms with Crippen LogP contribution in [-0.4, -0.2) is 41.4 Å². The van der Waals surface area contributed by atoms with E-state index in [0.29, 0.717) is 11.1 Å². The summed E-state index contributed by atoms with van der Waals surface area (Å²) in [5.41, 5.74) is 2.35. The number of likely N-dealkylation sites (tertiary alicyclic amines) is 1. The minimum absolute atomic E-state index is 0.0689. The van der Waals surface area contributed by atoms with Crippen molar-refractivity contribution in [3.63, 3.8) is 0 Å². The van der Waals surface area contributed by atoms with E-state index in [1.165, 1.54) is 10.4 Å². The van der Waals surface area contributed by atoms with E-state index in [0.717, 1.165) is 38.2 Å². The number of rotatable bonds is 3. The maximum absolute atomic E-state index is 12.3. The Labute approximate surface area is 151 Å². The molecule has 0 N–H and O–H groups in total. The van der Waals surface area contributed by atoms with Crippen LogP contribution in [-0.2, 0) is 17.8 Å². The molecule has 24 heavy (non-hydrogen) atoms. The summed E-state index contributed by atoms with van der Waals surface area (Å²) >= 11 is 7.97. The van der Waals surface area contributed by atoms with Crippen LogP contribution in [0.1, 0.15) is 16.0 Å². The summed E-state index contributed by atoms with van der Waals surface area (Å²) in [6.45, 7) is 3.78. The molecule has 4 rings (SSSR count). The molecule has 0 spiro atoms. The van der Waals surface area contributed by atoms with Gasteiger partial charge in [0.05, 0.1) is 0 Å². The molecule has 1 saturated heterocycles. The van der Waals surface area contributed by atoms with Crippen molar-refractivity contribution in [2.75, 3.05) is 19.6 Å². The number of nitrogens with zero attached hydrogens (tertiary/aromatic N) is 2. The Bertz CT molecular complexity index is 779. The minimum Gasteiger partial charge on any atom is -0.336 e. The summed E-state index contributed by atoms with van der Waals surface area (Å²) in [6.07, 6.45) is 4.57. The first-order valence-electron chi connectivity index (χ1n) is 8.21. The van der Waals surface area contributed by atoms with Crippen molar-refractivity contribution >= 4 is 34.9 Å². The average Bonchev–Trinajstić information content (AvgIpc) is 3.00. The Morgan fingerprint density at radius 1 is 1.25 bits per heavy atom. The Kier molecular flexibility index (Phi) is 4.44. The molecule has 1 aromatic carbocycles. The molecule has 0 radical (unpaired) electrons. The van der Waals surface area contributed by atoms with Gasteiger partial charge < -0.3 is 4.90 Å². The third-order valence-corrected chi connectivity index (χ3v) is 6.21. The topological polar surface area (TPSA) is 23.6 Å². The lowest BCUT2D eigenvalue weighted by Gasteiger charge is -2.46. The molecule has 2 aliphatic rings. The fourth-order valence-corrected chi connectivity index (χ4v) is 4.41. The molecule has 0 saturated carbocycles. The second kappa shape index (κ2) is 6.71. The molecule has 2 aromatic rings. The lowest BCUT2D eigenvalue weighted by molar-refractivity contribution is -0.133. The second-order valence-corrected chi connectivity index (χ2v) is 7.75. The van der Waals surface area contributed by atoms with Crippen molar-refractivity contribution in [3.05, 3.63) is 62.8 Å². The molecule has 0 atom stereocenters. The fraction of sp³-hybridized carbons (Fsp3) is 0.316. The van der Waals surface area contributed by atoms with Gasteiger partial charge in [0.25, 0.3) is 0 Å². The van der Waals surface area contributed by atoms with E-state index in [4.69, 9.17) is 11.6 Å². The van der Waals surface area contributed by atoms with E-state index in [9.17, 15) is 4.79 Å². The number of carbonyl (C=O) groups excluding carboxylic acids is 1. The molecule has 124 valence electrons. The van der Waals surface area contributed by atoms with E-state index in [-0.39, 0.29) is 5.91 Å². The second-order valence-electron chi connectivity index (χ2n) is 6.34. The molecule has 1 aromatic heterocycles. The zero-order chi connectivity index (χ0) is 16.5. The molecule has 3 nitrogen and oxygen atoms in total. The van der Waals surface area contributed by atoms with Crippen molar-refractivity contribution in [2.45, 2.75) is 19.0 Å². The standard InChI is InChI=1S/C19H19ClN2OS/c20-17-4-2-1-3-14(17)5-6-19(23)22-12-16(13-22)21-9-7-18-15(11-21)8-10-24-18/h1-6,8,10,16H,7,9,11-13H2/b6-5+. The number of amides is 1. The van der Waals surface area contributed by atoms with Crippen LogP contribution < -0.4 is 0 Å². The zero-order valence-electron chi connectivity index (χ0n) is 13.3. The van der Waals surface area contributed by atoms with Gasteiger partial charge in [-0.1, -0.05) is 29.8 Å². The number of halogens is 1. The quantitative estimate of drug-likeness (QED) is 0.781. The summed E-state index contributed by atoms with van der Waals surface area (Å²) in [6, 6.07) is 10.3. The third-order valence-electron chi connectivity index (χ3n) is 4.84. The maximum atomic E-state index is 12.3. The largest absolute Gasteiger partial charge is 0.336 e. The van der Waals surface area contributed by atoms with Crippen LogP contribution in [0.5, 0.6) is 0 Å². The lowest BCUT2D eigenvalue weighted by Crippen LogP contribution is -2.61. The number of hydrogen-bond donors (Lipinski definition) is 0. The van der Waals surface area contributed by atoms with E-state index in [1.807, 2.05) is 40.5 Å². The predicted octanol–water partition coefficient (Wildman–Crippen LogP) is 3.68. The lowest BCUT2D eigenvalue weighted by atomic mass is 10.0. The normalized spacial score (nSPS) is 18.6. The zero-order valence-corrected chi connectivity index (χ0v) is 14.9. The molecule has 0 aliphatic carbocycles. The van der Waals surface area contributed by atoms with Crippen LogP contribution in [0.4, 0.5) is 0 Å². The molecular formula is C19H19ClN2OS. The third kappa shape index (κ3) is 3.14. The average molecular weight is 359 g/mol. The van der Waals surface area contributed by atoms with Gasteiger partial charge in [-0.15, -0.1) is 11.3 Å². The molecule has 3 heterocycles. The van der Waals surface area contributed by atoms with Gasteiger partial charge in [-0.2, -0.15) is 0 Å². The molecule has 0 bridgehead atoms. The first-order valence-corrected chi connectivity index (χ1v) is 9.47. The minimum atomic E-state index is 0.0689. The highest BCUT2D eigenvalue weighted by atomic mass is 35.5. The van der Waals surface area contributed by atoms with Gasteiger partial charge in [0.1, 0.15) is 0 Å². The predicted molar refractivity (Wildman–Crippen MR) is 99.3 cm³/mol. The van der Waals surface area contributed by atoms with Gasteiger partial charge in [0, 0.05) is 48.2 Å². The van der Waals surface area contributed by atoms with Crippen molar-refractivity contribution in [2.24, 2.45) is 0 Å². The molecule has 2 aliphatic heterocycles. The smallest absolute Gasteiger partial charge is 0.246 e. The highest BCUT2D eigenvalue weighted by Crippen LogP contribution is 2.27. The van der Waals surface area contributed by atoms with E-state index in [1.54, 1.807) is 12.2 Å². The highest BCUT2D eigenvalue weighted by molar-refractivity contribution is 7.10. The van der Waals surface area contributed by atoms with Gasteiger partial charge in [-0.05, 0) is 41.1 Å². The molecular weight excluding hydrogens is 340 g/mol. The maximum Gasteiger partial charge on any atom is 0.246 e. The van der Waals surface area contributed by atoms with Crippen molar-refractivity contribution in [3.8, 4) is 0 Å². The van der Waals surface area contributed by atoms with Crippen LogP contribution in [0, 0.1) is 0 Å². The van der Waals surface area contributed by atoms with Crippen LogP contribution in [0.25, 0.3) is 6.08 Å². The van der Waals surface area contributed by atoms with Crippen LogP contribution >= 0.6 is 22.9 Å². The summed E-state index contributed by atoms with van der Waals surface area (Å²) < 4.78 is 0. The monoisotopic (exact) mass is 358 g/mol. The van der Waals surface area contributed by atoms with Crippen LogP contribution in [0.3, 0.4) is 0 Å².